The zero-order valence-electron chi connectivity index (χ0n) is 22.6. The Morgan fingerprint density at radius 2 is 1.85 bits per heavy atom. The zero-order valence-corrected chi connectivity index (χ0v) is 24.2. The number of carbonyl (C=O) groups is 2. The number of thiazole rings is 1. The van der Waals surface area contributed by atoms with Crippen LogP contribution in [0.1, 0.15) is 41.6 Å². The Balaban J connectivity index is 1.63. The number of allylic oxidation sites excluding steroid dienone is 1. The van der Waals surface area contributed by atoms with Crippen LogP contribution in [0.15, 0.2) is 80.1 Å². The van der Waals surface area contributed by atoms with E-state index in [1.165, 1.54) is 23.0 Å². The summed E-state index contributed by atoms with van der Waals surface area (Å²) in [5, 5.41) is 0.421. The van der Waals surface area contributed by atoms with Crippen molar-refractivity contribution in [3.8, 4) is 17.1 Å². The molecule has 41 heavy (non-hydrogen) atoms. The maximum absolute atomic E-state index is 13.8. The molecule has 1 atom stereocenters. The Labute approximate surface area is 243 Å². The largest absolute Gasteiger partial charge is 0.497 e. The van der Waals surface area contributed by atoms with Gasteiger partial charge in [-0.15, -0.1) is 0 Å². The van der Waals surface area contributed by atoms with Gasteiger partial charge in [-0.25, -0.2) is 14.6 Å². The lowest BCUT2D eigenvalue weighted by atomic mass is 9.96. The molecule has 0 saturated carbocycles. The molecular weight excluding hydrogens is 568 g/mol. The Morgan fingerprint density at radius 1 is 1.10 bits per heavy atom. The van der Waals surface area contributed by atoms with Crippen molar-refractivity contribution in [1.29, 1.82) is 0 Å². The number of hydrogen-bond acceptors (Lipinski definition) is 9. The third kappa shape index (κ3) is 5.36. The van der Waals surface area contributed by atoms with Crippen molar-refractivity contribution in [2.24, 2.45) is 4.99 Å². The van der Waals surface area contributed by atoms with Crippen LogP contribution < -0.4 is 19.6 Å². The molecule has 0 spiro atoms. The molecule has 5 rings (SSSR count). The Bertz CT molecular complexity index is 1870. The standard InChI is InChI=1S/C30H25ClN2O7S/c1-5-39-29(36)25-16(2)32-30-33(26(25)17-6-9-19(37-3)10-7-17)27(34)24(41-30)15-20-11-13-23(40-20)22-14-18(31)8-12-21(22)28(35)38-4/h6-15,26H,5H2,1-4H3/b24-15+/t26-/m1/s1. The van der Waals surface area contributed by atoms with Crippen molar-refractivity contribution in [2.75, 3.05) is 20.8 Å². The second-order valence-electron chi connectivity index (χ2n) is 8.96. The summed E-state index contributed by atoms with van der Waals surface area (Å²) in [6.07, 6.45) is 1.60. The first-order valence-corrected chi connectivity index (χ1v) is 13.8. The van der Waals surface area contributed by atoms with Gasteiger partial charge in [0.15, 0.2) is 4.80 Å². The fourth-order valence-corrected chi connectivity index (χ4v) is 5.80. The predicted octanol–water partition coefficient (Wildman–Crippen LogP) is 4.51. The van der Waals surface area contributed by atoms with E-state index >= 15 is 0 Å². The van der Waals surface area contributed by atoms with Gasteiger partial charge in [0.05, 0.1) is 48.2 Å². The quantitative estimate of drug-likeness (QED) is 0.291. The summed E-state index contributed by atoms with van der Waals surface area (Å²) >= 11 is 7.35. The van der Waals surface area contributed by atoms with Crippen molar-refractivity contribution >= 4 is 41.0 Å². The van der Waals surface area contributed by atoms with E-state index in [0.717, 1.165) is 0 Å². The van der Waals surface area contributed by atoms with Crippen molar-refractivity contribution in [3.63, 3.8) is 0 Å². The van der Waals surface area contributed by atoms with E-state index in [0.29, 0.717) is 54.0 Å². The third-order valence-corrected chi connectivity index (χ3v) is 7.72. The second kappa shape index (κ2) is 11.6. The molecule has 0 fully saturated rings. The molecule has 0 N–H and O–H groups in total. The van der Waals surface area contributed by atoms with E-state index in [2.05, 4.69) is 4.99 Å². The van der Waals surface area contributed by atoms with Crippen LogP contribution in [-0.4, -0.2) is 37.3 Å². The minimum atomic E-state index is -0.750. The monoisotopic (exact) mass is 592 g/mol. The van der Waals surface area contributed by atoms with Crippen LogP contribution in [0.4, 0.5) is 0 Å². The molecule has 1 aliphatic rings. The van der Waals surface area contributed by atoms with Crippen molar-refractivity contribution in [3.05, 3.63) is 107 Å². The fourth-order valence-electron chi connectivity index (χ4n) is 4.61. The molecule has 0 bridgehead atoms. The third-order valence-electron chi connectivity index (χ3n) is 6.50. The molecule has 4 aromatic rings. The van der Waals surface area contributed by atoms with Crippen LogP contribution in [0.2, 0.25) is 5.02 Å². The van der Waals surface area contributed by atoms with Gasteiger partial charge in [0, 0.05) is 16.7 Å². The molecule has 2 aromatic heterocycles. The number of furan rings is 1. The van der Waals surface area contributed by atoms with Gasteiger partial charge in [-0.1, -0.05) is 35.1 Å². The summed E-state index contributed by atoms with van der Waals surface area (Å²) < 4.78 is 23.4. The maximum atomic E-state index is 13.8. The van der Waals surface area contributed by atoms with Crippen molar-refractivity contribution < 1.29 is 28.2 Å². The number of methoxy groups -OCH3 is 2. The molecule has 0 amide bonds. The number of benzene rings is 2. The molecule has 0 unspecified atom stereocenters. The van der Waals surface area contributed by atoms with Gasteiger partial charge >= 0.3 is 11.9 Å². The number of aromatic nitrogens is 1. The van der Waals surface area contributed by atoms with Gasteiger partial charge in [-0.2, -0.15) is 0 Å². The molecule has 11 heteroatoms. The first kappa shape index (κ1) is 28.1. The van der Waals surface area contributed by atoms with Crippen LogP contribution in [0.5, 0.6) is 5.75 Å². The number of ether oxygens (including phenoxy) is 3. The SMILES string of the molecule is CCOC(=O)C1=C(C)N=c2s/c(=C/c3ccc(-c4cc(Cl)ccc4C(=O)OC)o3)c(=O)n2[C@@H]1c1ccc(OC)cc1. The van der Waals surface area contributed by atoms with Gasteiger partial charge in [0.1, 0.15) is 17.3 Å². The van der Waals surface area contributed by atoms with Gasteiger partial charge in [0.25, 0.3) is 5.56 Å². The smallest absolute Gasteiger partial charge is 0.338 e. The van der Waals surface area contributed by atoms with E-state index in [-0.39, 0.29) is 17.7 Å². The minimum absolute atomic E-state index is 0.181. The molecule has 3 heterocycles. The van der Waals surface area contributed by atoms with Crippen LogP contribution >= 0.6 is 22.9 Å². The number of carbonyl (C=O) groups excluding carboxylic acids is 2. The normalized spacial score (nSPS) is 14.9. The van der Waals surface area contributed by atoms with Gasteiger partial charge in [-0.3, -0.25) is 9.36 Å². The summed E-state index contributed by atoms with van der Waals surface area (Å²) in [4.78, 5) is 44.2. The highest BCUT2D eigenvalue weighted by molar-refractivity contribution is 7.07. The lowest BCUT2D eigenvalue weighted by Gasteiger charge is -2.24. The maximum Gasteiger partial charge on any atom is 0.338 e. The van der Waals surface area contributed by atoms with Crippen LogP contribution in [0.25, 0.3) is 17.4 Å². The highest BCUT2D eigenvalue weighted by atomic mass is 35.5. The number of hydrogen-bond donors (Lipinski definition) is 0. The molecule has 0 radical (unpaired) electrons. The van der Waals surface area contributed by atoms with E-state index in [4.69, 9.17) is 30.2 Å². The Hall–Kier alpha value is -4.41. The molecule has 1 aliphatic heterocycles. The Morgan fingerprint density at radius 3 is 2.54 bits per heavy atom. The molecule has 2 aromatic carbocycles. The zero-order chi connectivity index (χ0) is 29.3. The lowest BCUT2D eigenvalue weighted by Crippen LogP contribution is -2.39. The molecular formula is C30H25ClN2O7S. The van der Waals surface area contributed by atoms with E-state index in [1.54, 1.807) is 81.6 Å². The van der Waals surface area contributed by atoms with E-state index in [9.17, 15) is 14.4 Å². The topological polar surface area (TPSA) is 109 Å². The van der Waals surface area contributed by atoms with Crippen LogP contribution in [-0.2, 0) is 14.3 Å². The number of esters is 2. The molecule has 210 valence electrons. The lowest BCUT2D eigenvalue weighted by molar-refractivity contribution is -0.139. The van der Waals surface area contributed by atoms with E-state index in [1.807, 2.05) is 0 Å². The summed E-state index contributed by atoms with van der Waals surface area (Å²) in [7, 11) is 2.86. The fraction of sp³-hybridized carbons (Fsp3) is 0.200. The number of fused-ring (bicyclic) bond motifs is 1. The highest BCUT2D eigenvalue weighted by Crippen LogP contribution is 2.32. The minimum Gasteiger partial charge on any atom is -0.497 e. The van der Waals surface area contributed by atoms with Crippen LogP contribution in [0.3, 0.4) is 0 Å². The van der Waals surface area contributed by atoms with E-state index < -0.39 is 18.0 Å². The number of nitrogens with zero attached hydrogens (tertiary/aromatic N) is 2. The van der Waals surface area contributed by atoms with Crippen molar-refractivity contribution in [2.45, 2.75) is 19.9 Å². The van der Waals surface area contributed by atoms with Gasteiger partial charge < -0.3 is 18.6 Å². The molecule has 0 aliphatic carbocycles. The first-order chi connectivity index (χ1) is 19.7. The van der Waals surface area contributed by atoms with Crippen LogP contribution in [0, 0.1) is 0 Å². The number of rotatable bonds is 7. The second-order valence-corrected chi connectivity index (χ2v) is 10.4. The number of halogens is 1. The average Bonchev–Trinajstić information content (AvgIpc) is 3.56. The van der Waals surface area contributed by atoms with Gasteiger partial charge in [-0.05, 0) is 61.9 Å². The van der Waals surface area contributed by atoms with Gasteiger partial charge in [0.2, 0.25) is 0 Å². The first-order valence-electron chi connectivity index (χ1n) is 12.6. The highest BCUT2D eigenvalue weighted by Gasteiger charge is 2.33. The molecule has 9 nitrogen and oxygen atoms in total. The molecule has 0 saturated heterocycles. The average molecular weight is 593 g/mol. The van der Waals surface area contributed by atoms with Crippen molar-refractivity contribution in [1.82, 2.24) is 4.57 Å². The summed E-state index contributed by atoms with van der Waals surface area (Å²) in [5.41, 5.74) is 1.85. The summed E-state index contributed by atoms with van der Waals surface area (Å²) in [5.74, 6) is 0.326. The predicted molar refractivity (Wildman–Crippen MR) is 154 cm³/mol. The Kier molecular flexibility index (Phi) is 7.96. The summed E-state index contributed by atoms with van der Waals surface area (Å²) in [6.45, 7) is 3.63. The summed E-state index contributed by atoms with van der Waals surface area (Å²) in [6, 6.07) is 14.5.